The molecule has 1 N–H and O–H groups in total. The van der Waals surface area contributed by atoms with Crippen molar-refractivity contribution in [2.75, 3.05) is 30.8 Å². The summed E-state index contributed by atoms with van der Waals surface area (Å²) in [4.78, 5) is 11.5. The van der Waals surface area contributed by atoms with Gasteiger partial charge >= 0.3 is 6.18 Å². The fraction of sp³-hybridized carbons (Fsp3) is 0.556. The van der Waals surface area contributed by atoms with E-state index in [4.69, 9.17) is 4.98 Å². The lowest BCUT2D eigenvalue weighted by molar-refractivity contribution is -0.140. The molecule has 1 aliphatic carbocycles. The molecule has 1 aromatic carbocycles. The van der Waals surface area contributed by atoms with E-state index in [1.165, 1.54) is 43.0 Å². The van der Waals surface area contributed by atoms with Crippen LogP contribution in [0.5, 0.6) is 5.75 Å². The first-order chi connectivity index (χ1) is 19.0. The van der Waals surface area contributed by atoms with E-state index in [1.54, 1.807) is 7.05 Å². The maximum atomic E-state index is 14.9. The zero-order chi connectivity index (χ0) is 28.8. The third-order valence-electron chi connectivity index (χ3n) is 8.09. The Hall–Kier alpha value is -2.80. The van der Waals surface area contributed by atoms with Gasteiger partial charge in [0.05, 0.1) is 10.9 Å². The molecular weight excluding hydrogens is 551 g/mol. The summed E-state index contributed by atoms with van der Waals surface area (Å²) in [5.74, 6) is -4.18. The Bertz CT molecular complexity index is 1440. The number of hydrogen-bond acceptors (Lipinski definition) is 6. The third kappa shape index (κ3) is 5.41. The first-order valence-corrected chi connectivity index (χ1v) is 15.1. The van der Waals surface area contributed by atoms with Crippen molar-refractivity contribution in [2.24, 2.45) is 13.0 Å². The third-order valence-corrected chi connectivity index (χ3v) is 9.91. The highest BCUT2D eigenvalue weighted by Gasteiger charge is 2.38. The van der Waals surface area contributed by atoms with Crippen molar-refractivity contribution in [3.8, 4) is 17.0 Å². The quantitative estimate of drug-likeness (QED) is 0.288. The van der Waals surface area contributed by atoms with Crippen LogP contribution in [0, 0.1) is 17.6 Å². The van der Waals surface area contributed by atoms with Crippen molar-refractivity contribution in [1.82, 2.24) is 24.1 Å². The summed E-state index contributed by atoms with van der Waals surface area (Å²) in [6.45, 7) is 4.50. The van der Waals surface area contributed by atoms with Gasteiger partial charge in [-0.25, -0.2) is 18.4 Å². The van der Waals surface area contributed by atoms with E-state index in [0.29, 0.717) is 30.1 Å². The van der Waals surface area contributed by atoms with Crippen LogP contribution in [0.3, 0.4) is 0 Å². The minimum atomic E-state index is -5.14. The van der Waals surface area contributed by atoms with Gasteiger partial charge in [-0.2, -0.15) is 23.3 Å². The Morgan fingerprint density at radius 1 is 1.12 bits per heavy atom. The standard InChI is InChI=1S/C27H33F5N6OS/c1-4-40(3)37-10-11-38(17(15-37)12-16-8-6-5-7-9-16)26-33-14-19-23(35-36(2)25(19)34-26)18-13-20(27(30,31)32)22(29)24(39)21(18)28/h4,13-14,16-17,39H,5-12,15H2,1-3H3/t17-,40?/m1/s1. The Kier molecular flexibility index (Phi) is 8.06. The molecule has 0 radical (unpaired) electrons. The van der Waals surface area contributed by atoms with Crippen molar-refractivity contribution in [1.29, 1.82) is 0 Å². The van der Waals surface area contributed by atoms with Crippen LogP contribution < -0.4 is 4.90 Å². The summed E-state index contributed by atoms with van der Waals surface area (Å²) in [6.07, 6.45) is 5.70. The number of aromatic hydroxyl groups is 1. The van der Waals surface area contributed by atoms with E-state index in [-0.39, 0.29) is 27.8 Å². The van der Waals surface area contributed by atoms with E-state index < -0.39 is 34.7 Å². The number of aromatic nitrogens is 4. The van der Waals surface area contributed by atoms with Gasteiger partial charge in [-0.15, -0.1) is 10.7 Å². The monoisotopic (exact) mass is 584 g/mol. The number of nitrogens with zero attached hydrogens (tertiary/aromatic N) is 6. The molecule has 218 valence electrons. The molecule has 2 fully saturated rings. The number of hydrogen-bond donors (Lipinski definition) is 1. The van der Waals surface area contributed by atoms with Crippen LogP contribution in [0.1, 0.15) is 51.0 Å². The minimum absolute atomic E-state index is 0.0438. The Labute approximate surface area is 232 Å². The molecule has 3 heterocycles. The molecule has 1 aliphatic heterocycles. The Balaban J connectivity index is 1.53. The zero-order valence-corrected chi connectivity index (χ0v) is 23.5. The van der Waals surface area contributed by atoms with Crippen LogP contribution in [0.2, 0.25) is 0 Å². The van der Waals surface area contributed by atoms with Crippen molar-refractivity contribution >= 4 is 33.0 Å². The molecule has 1 saturated heterocycles. The predicted molar refractivity (Wildman–Crippen MR) is 147 cm³/mol. The number of piperazine rings is 1. The molecule has 0 spiro atoms. The van der Waals surface area contributed by atoms with Crippen LogP contribution in [0.4, 0.5) is 27.9 Å². The summed E-state index contributed by atoms with van der Waals surface area (Å²) >= 11 is 0. The van der Waals surface area contributed by atoms with Crippen molar-refractivity contribution in [3.05, 3.63) is 29.5 Å². The van der Waals surface area contributed by atoms with Crippen LogP contribution >= 0.6 is 10.7 Å². The highest BCUT2D eigenvalue weighted by molar-refractivity contribution is 8.12. The Morgan fingerprint density at radius 2 is 1.85 bits per heavy atom. The van der Waals surface area contributed by atoms with Crippen LogP contribution in [-0.4, -0.2) is 66.5 Å². The molecule has 2 aromatic heterocycles. The van der Waals surface area contributed by atoms with Gasteiger partial charge < -0.3 is 10.0 Å². The molecular formula is C27H33F5N6OS. The summed E-state index contributed by atoms with van der Waals surface area (Å²) in [7, 11) is 1.59. The van der Waals surface area contributed by atoms with Gasteiger partial charge in [0.2, 0.25) is 5.95 Å². The largest absolute Gasteiger partial charge is 0.503 e. The molecule has 2 atom stereocenters. The maximum absolute atomic E-state index is 14.9. The van der Waals surface area contributed by atoms with Crippen LogP contribution in [-0.2, 0) is 13.2 Å². The summed E-state index contributed by atoms with van der Waals surface area (Å²) in [5, 5.41) is 16.4. The van der Waals surface area contributed by atoms with Gasteiger partial charge in [0, 0.05) is 44.5 Å². The smallest absolute Gasteiger partial charge is 0.419 e. The number of phenols is 1. The zero-order valence-electron chi connectivity index (χ0n) is 22.7. The molecule has 2 aliphatic rings. The second kappa shape index (κ2) is 11.2. The lowest BCUT2D eigenvalue weighted by atomic mass is 9.84. The van der Waals surface area contributed by atoms with Crippen LogP contribution in [0.15, 0.2) is 12.3 Å². The lowest BCUT2D eigenvalue weighted by Crippen LogP contribution is -2.53. The fourth-order valence-corrected chi connectivity index (χ4v) is 6.95. The minimum Gasteiger partial charge on any atom is -0.503 e. The van der Waals surface area contributed by atoms with Crippen molar-refractivity contribution < 1.29 is 27.1 Å². The predicted octanol–water partition coefficient (Wildman–Crippen LogP) is 6.13. The molecule has 0 amide bonds. The average Bonchev–Trinajstić information content (AvgIpc) is 3.26. The number of alkyl halides is 3. The number of rotatable bonds is 5. The normalized spacial score (nSPS) is 20.5. The summed E-state index contributed by atoms with van der Waals surface area (Å²) in [6, 6.07) is 0.518. The topological polar surface area (TPSA) is 70.3 Å². The van der Waals surface area contributed by atoms with Gasteiger partial charge in [-0.3, -0.25) is 4.31 Å². The molecule has 0 bridgehead atoms. The Morgan fingerprint density at radius 3 is 2.52 bits per heavy atom. The van der Waals surface area contributed by atoms with E-state index >= 15 is 0 Å². The van der Waals surface area contributed by atoms with Gasteiger partial charge in [0.1, 0.15) is 5.69 Å². The SMILES string of the molecule is C/C=S(\C)N1CCN(c2ncc3c(-c4cc(C(F)(F)F)c(F)c(O)c4F)nn(C)c3n2)[C@H](CC2CCCCC2)C1. The molecule has 1 unspecified atom stereocenters. The molecule has 40 heavy (non-hydrogen) atoms. The molecule has 3 aromatic rings. The number of phenolic OH excluding ortho intramolecular Hbond substituents is 1. The second-order valence-electron chi connectivity index (χ2n) is 10.6. The summed E-state index contributed by atoms with van der Waals surface area (Å²) in [5.41, 5.74) is -2.37. The first-order valence-electron chi connectivity index (χ1n) is 13.4. The number of anilines is 1. The summed E-state index contributed by atoms with van der Waals surface area (Å²) < 4.78 is 73.0. The highest BCUT2D eigenvalue weighted by Crippen LogP contribution is 2.41. The molecule has 7 nitrogen and oxygen atoms in total. The highest BCUT2D eigenvalue weighted by atomic mass is 32.2. The van der Waals surface area contributed by atoms with Gasteiger partial charge in [-0.1, -0.05) is 37.5 Å². The van der Waals surface area contributed by atoms with Crippen molar-refractivity contribution in [2.45, 2.75) is 57.7 Å². The van der Waals surface area contributed by atoms with E-state index in [0.717, 1.165) is 19.5 Å². The average molecular weight is 585 g/mol. The first kappa shape index (κ1) is 28.7. The fourth-order valence-electron chi connectivity index (χ4n) is 5.88. The molecule has 13 heteroatoms. The van der Waals surface area contributed by atoms with E-state index in [9.17, 15) is 27.1 Å². The number of fused-ring (bicyclic) bond motifs is 1. The number of aryl methyl sites for hydroxylation is 1. The van der Waals surface area contributed by atoms with Gasteiger partial charge in [0.15, 0.2) is 23.0 Å². The van der Waals surface area contributed by atoms with Crippen LogP contribution in [0.25, 0.3) is 22.3 Å². The van der Waals surface area contributed by atoms with Crippen molar-refractivity contribution in [3.63, 3.8) is 0 Å². The molecule has 1 saturated carbocycles. The molecule has 5 rings (SSSR count). The van der Waals surface area contributed by atoms with Gasteiger partial charge in [-0.05, 0) is 31.6 Å². The number of halogens is 5. The lowest BCUT2D eigenvalue weighted by Gasteiger charge is -2.43. The number of benzene rings is 1. The maximum Gasteiger partial charge on any atom is 0.419 e. The second-order valence-corrected chi connectivity index (χ2v) is 12.6. The van der Waals surface area contributed by atoms with E-state index in [1.807, 2.05) is 0 Å². The van der Waals surface area contributed by atoms with Gasteiger partial charge in [0.25, 0.3) is 0 Å². The van der Waals surface area contributed by atoms with E-state index in [2.05, 4.69) is 37.8 Å².